The Hall–Kier alpha value is -4.02. The summed E-state index contributed by atoms with van der Waals surface area (Å²) in [6.45, 7) is 0. The maximum atomic E-state index is 12.5. The van der Waals surface area contributed by atoms with Gasteiger partial charge in [-0.25, -0.2) is 4.68 Å². The number of carbonyl (C=O) groups excluding carboxylic acids is 2. The van der Waals surface area contributed by atoms with E-state index in [0.29, 0.717) is 17.1 Å². The van der Waals surface area contributed by atoms with E-state index in [1.165, 1.54) is 16.8 Å². The first-order valence-corrected chi connectivity index (χ1v) is 9.42. The Balaban J connectivity index is 1.47. The maximum absolute atomic E-state index is 12.5. The fraction of sp³-hybridized carbons (Fsp3) is 0.190. The molecule has 0 saturated carbocycles. The van der Waals surface area contributed by atoms with Crippen molar-refractivity contribution in [2.75, 3.05) is 17.7 Å². The summed E-state index contributed by atoms with van der Waals surface area (Å²) in [5.74, 6) is -0.303. The second-order valence-electron chi connectivity index (χ2n) is 6.91. The molecular weight excluding hydrogens is 429 g/mol. The van der Waals surface area contributed by atoms with Crippen molar-refractivity contribution >= 4 is 23.3 Å². The highest BCUT2D eigenvalue weighted by atomic mass is 19.4. The molecule has 2 aromatic carbocycles. The van der Waals surface area contributed by atoms with E-state index in [2.05, 4.69) is 20.5 Å². The van der Waals surface area contributed by atoms with Crippen LogP contribution in [0.5, 0.6) is 11.5 Å². The number of nitrogens with one attached hydrogen (secondary N) is 2. The quantitative estimate of drug-likeness (QED) is 0.598. The summed E-state index contributed by atoms with van der Waals surface area (Å²) >= 11 is 0. The molecule has 2 N–H and O–H groups in total. The highest BCUT2D eigenvalue weighted by Crippen LogP contribution is 2.36. The third-order valence-electron chi connectivity index (χ3n) is 4.77. The normalized spacial score (nSPS) is 15.1. The molecule has 0 bridgehead atoms. The van der Waals surface area contributed by atoms with Crippen LogP contribution in [0.3, 0.4) is 0 Å². The van der Waals surface area contributed by atoms with E-state index in [9.17, 15) is 22.8 Å². The van der Waals surface area contributed by atoms with E-state index in [1.54, 1.807) is 25.4 Å². The Bertz CT molecular complexity index is 1160. The largest absolute Gasteiger partial charge is 0.573 e. The van der Waals surface area contributed by atoms with Gasteiger partial charge in [-0.2, -0.15) is 5.10 Å². The predicted molar refractivity (Wildman–Crippen MR) is 108 cm³/mol. The van der Waals surface area contributed by atoms with Crippen LogP contribution < -0.4 is 20.1 Å². The minimum atomic E-state index is -4.84. The number of hydrogen-bond donors (Lipinski definition) is 2. The molecular formula is C21H17F3N4O4. The summed E-state index contributed by atoms with van der Waals surface area (Å²) in [5, 5.41) is 9.45. The number of fused-ring (bicyclic) bond motifs is 1. The van der Waals surface area contributed by atoms with Gasteiger partial charge in [0.25, 0.3) is 5.91 Å². The highest BCUT2D eigenvalue weighted by molar-refractivity contribution is 6.04. The van der Waals surface area contributed by atoms with Crippen molar-refractivity contribution in [1.29, 1.82) is 0 Å². The maximum Gasteiger partial charge on any atom is 0.573 e. The minimum absolute atomic E-state index is 0.106. The van der Waals surface area contributed by atoms with Crippen molar-refractivity contribution in [3.05, 3.63) is 54.7 Å². The van der Waals surface area contributed by atoms with Crippen LogP contribution in [0.2, 0.25) is 0 Å². The summed E-state index contributed by atoms with van der Waals surface area (Å²) < 4.78 is 47.6. The number of carbonyl (C=O) groups is 2. The van der Waals surface area contributed by atoms with Gasteiger partial charge in [-0.3, -0.25) is 9.59 Å². The number of nitrogens with zero attached hydrogens (tertiary/aromatic N) is 2. The Morgan fingerprint density at radius 2 is 1.94 bits per heavy atom. The Morgan fingerprint density at radius 3 is 2.62 bits per heavy atom. The standard InChI is InChI=1S/C21H17F3N4O4/c1-31-14-7-5-12(6-8-14)16-11-25-28-17(20(30)27-19(16)28)10-18(29)26-13-3-2-4-15(9-13)32-21(22,23)24/h2-9,11,17H,10H2,1H3,(H,26,29)(H,27,30). The molecule has 1 aliphatic heterocycles. The van der Waals surface area contributed by atoms with Crippen molar-refractivity contribution in [3.63, 3.8) is 0 Å². The third-order valence-corrected chi connectivity index (χ3v) is 4.77. The van der Waals surface area contributed by atoms with Gasteiger partial charge in [-0.1, -0.05) is 18.2 Å². The zero-order chi connectivity index (χ0) is 22.9. The van der Waals surface area contributed by atoms with E-state index in [4.69, 9.17) is 4.74 Å². The van der Waals surface area contributed by atoms with Gasteiger partial charge in [-0.05, 0) is 29.8 Å². The van der Waals surface area contributed by atoms with Crippen molar-refractivity contribution in [2.24, 2.45) is 0 Å². The zero-order valence-corrected chi connectivity index (χ0v) is 16.6. The van der Waals surface area contributed by atoms with Gasteiger partial charge in [0.05, 0.1) is 19.7 Å². The monoisotopic (exact) mass is 446 g/mol. The zero-order valence-electron chi connectivity index (χ0n) is 16.6. The number of anilines is 2. The molecule has 1 atom stereocenters. The second-order valence-corrected chi connectivity index (χ2v) is 6.91. The highest BCUT2D eigenvalue weighted by Gasteiger charge is 2.35. The molecule has 0 saturated heterocycles. The SMILES string of the molecule is COc1ccc(-c2cnn3c2NC(=O)C3CC(=O)Nc2cccc(OC(F)(F)F)c2)cc1. The fourth-order valence-electron chi connectivity index (χ4n) is 3.35. The van der Waals surface area contributed by atoms with E-state index >= 15 is 0 Å². The first-order valence-electron chi connectivity index (χ1n) is 9.42. The number of hydrogen-bond acceptors (Lipinski definition) is 5. The van der Waals surface area contributed by atoms with Gasteiger partial charge in [-0.15, -0.1) is 13.2 Å². The molecule has 166 valence electrons. The van der Waals surface area contributed by atoms with Crippen LogP contribution in [0.15, 0.2) is 54.7 Å². The van der Waals surface area contributed by atoms with Gasteiger partial charge in [0.15, 0.2) is 0 Å². The molecule has 11 heteroatoms. The lowest BCUT2D eigenvalue weighted by Gasteiger charge is -2.12. The van der Waals surface area contributed by atoms with E-state index < -0.39 is 30.0 Å². The lowest BCUT2D eigenvalue weighted by Crippen LogP contribution is -2.23. The number of benzene rings is 2. The van der Waals surface area contributed by atoms with Crippen LogP contribution in [0.4, 0.5) is 24.7 Å². The Kier molecular flexibility index (Phi) is 5.47. The van der Waals surface area contributed by atoms with E-state index in [1.807, 2.05) is 12.1 Å². The lowest BCUT2D eigenvalue weighted by molar-refractivity contribution is -0.274. The molecule has 0 fully saturated rings. The Morgan fingerprint density at radius 1 is 1.19 bits per heavy atom. The molecule has 2 amide bonds. The molecule has 2 heterocycles. The van der Waals surface area contributed by atoms with Crippen molar-refractivity contribution in [1.82, 2.24) is 9.78 Å². The van der Waals surface area contributed by atoms with E-state index in [0.717, 1.165) is 17.7 Å². The molecule has 4 rings (SSSR count). The molecule has 8 nitrogen and oxygen atoms in total. The Labute approximate surface area is 179 Å². The molecule has 32 heavy (non-hydrogen) atoms. The van der Waals surface area contributed by atoms with Gasteiger partial charge < -0.3 is 20.1 Å². The van der Waals surface area contributed by atoms with Gasteiger partial charge >= 0.3 is 6.36 Å². The van der Waals surface area contributed by atoms with Crippen molar-refractivity contribution in [3.8, 4) is 22.6 Å². The van der Waals surface area contributed by atoms with Crippen molar-refractivity contribution in [2.45, 2.75) is 18.8 Å². The first-order chi connectivity index (χ1) is 15.2. The molecule has 0 spiro atoms. The summed E-state index contributed by atoms with van der Waals surface area (Å²) in [6, 6.07) is 11.2. The smallest absolute Gasteiger partial charge is 0.497 e. The summed E-state index contributed by atoms with van der Waals surface area (Å²) in [6.07, 6.45) is -3.52. The number of rotatable bonds is 6. The summed E-state index contributed by atoms with van der Waals surface area (Å²) in [7, 11) is 1.56. The fourth-order valence-corrected chi connectivity index (χ4v) is 3.35. The second kappa shape index (κ2) is 8.25. The van der Waals surface area contributed by atoms with Crippen LogP contribution in [-0.2, 0) is 9.59 Å². The molecule has 1 aromatic heterocycles. The average molecular weight is 446 g/mol. The number of ether oxygens (including phenoxy) is 2. The van der Waals surface area contributed by atoms with E-state index in [-0.39, 0.29) is 12.1 Å². The molecule has 3 aromatic rings. The van der Waals surface area contributed by atoms with Gasteiger partial charge in [0.2, 0.25) is 5.91 Å². The first kappa shape index (κ1) is 21.2. The third kappa shape index (κ3) is 4.51. The number of methoxy groups -OCH3 is 1. The molecule has 0 aliphatic carbocycles. The molecule has 1 aliphatic rings. The van der Waals surface area contributed by atoms with Crippen LogP contribution in [0.1, 0.15) is 12.5 Å². The minimum Gasteiger partial charge on any atom is -0.497 e. The number of alkyl halides is 3. The summed E-state index contributed by atoms with van der Waals surface area (Å²) in [5.41, 5.74) is 1.59. The topological polar surface area (TPSA) is 94.5 Å². The van der Waals surface area contributed by atoms with Crippen LogP contribution in [0.25, 0.3) is 11.1 Å². The summed E-state index contributed by atoms with van der Waals surface area (Å²) in [4.78, 5) is 24.9. The van der Waals surface area contributed by atoms with Crippen molar-refractivity contribution < 1.29 is 32.2 Å². The van der Waals surface area contributed by atoms with Gasteiger partial charge in [0.1, 0.15) is 23.4 Å². The molecule has 0 radical (unpaired) electrons. The van der Waals surface area contributed by atoms with Crippen LogP contribution in [0, 0.1) is 0 Å². The predicted octanol–water partition coefficient (Wildman–Crippen LogP) is 3.98. The van der Waals surface area contributed by atoms with Crippen LogP contribution in [-0.4, -0.2) is 35.1 Å². The lowest BCUT2D eigenvalue weighted by atomic mass is 10.1. The van der Waals surface area contributed by atoms with Gasteiger partial charge in [0, 0.05) is 17.3 Å². The van der Waals surface area contributed by atoms with Crippen LogP contribution >= 0.6 is 0 Å². The number of halogens is 3. The number of aromatic nitrogens is 2. The average Bonchev–Trinajstić information content (AvgIpc) is 3.26. The molecule has 1 unspecified atom stereocenters. The number of amides is 2.